The summed E-state index contributed by atoms with van der Waals surface area (Å²) in [6.07, 6.45) is 2.43. The van der Waals surface area contributed by atoms with Crippen molar-refractivity contribution in [1.29, 1.82) is 0 Å². The highest BCUT2D eigenvalue weighted by Gasteiger charge is 2.22. The maximum Gasteiger partial charge on any atom is 0.225 e. The van der Waals surface area contributed by atoms with Crippen molar-refractivity contribution >= 4 is 39.0 Å². The van der Waals surface area contributed by atoms with Gasteiger partial charge in [-0.15, -0.1) is 11.3 Å². The van der Waals surface area contributed by atoms with Crippen LogP contribution in [0.5, 0.6) is 0 Å². The summed E-state index contributed by atoms with van der Waals surface area (Å²) in [5.74, 6) is 0.994. The van der Waals surface area contributed by atoms with E-state index in [1.165, 1.54) is 35.1 Å². The number of rotatable bonds is 2. The molecule has 1 aliphatic heterocycles. The fourth-order valence-corrected chi connectivity index (χ4v) is 4.52. The van der Waals surface area contributed by atoms with E-state index in [0.717, 1.165) is 29.1 Å². The van der Waals surface area contributed by atoms with Crippen LogP contribution in [0.15, 0.2) is 23.6 Å². The van der Waals surface area contributed by atoms with Crippen LogP contribution in [0.25, 0.3) is 21.3 Å². The SMILES string of the molecule is Cc1ccc(-c2csc3nc(Cl)nc(N4CCCC4)c23)c(C)c1. The number of halogens is 1. The van der Waals surface area contributed by atoms with Crippen LogP contribution in [0.3, 0.4) is 0 Å². The van der Waals surface area contributed by atoms with Gasteiger partial charge in [0, 0.05) is 24.0 Å². The molecule has 0 unspecified atom stereocenters. The first-order valence-corrected chi connectivity index (χ1v) is 9.16. The summed E-state index contributed by atoms with van der Waals surface area (Å²) >= 11 is 7.81. The molecule has 0 aliphatic carbocycles. The van der Waals surface area contributed by atoms with E-state index in [2.05, 4.69) is 52.3 Å². The summed E-state index contributed by atoms with van der Waals surface area (Å²) in [6.45, 7) is 6.38. The van der Waals surface area contributed by atoms with Crippen LogP contribution in [0.1, 0.15) is 24.0 Å². The zero-order valence-electron chi connectivity index (χ0n) is 13.3. The van der Waals surface area contributed by atoms with Crippen molar-refractivity contribution in [2.24, 2.45) is 0 Å². The number of thiophene rings is 1. The highest BCUT2D eigenvalue weighted by atomic mass is 35.5. The Labute approximate surface area is 144 Å². The first-order chi connectivity index (χ1) is 11.1. The van der Waals surface area contributed by atoms with Crippen LogP contribution in [-0.4, -0.2) is 23.1 Å². The van der Waals surface area contributed by atoms with Gasteiger partial charge in [0.15, 0.2) is 0 Å². The summed E-state index contributed by atoms with van der Waals surface area (Å²) in [5.41, 5.74) is 5.05. The molecule has 1 aromatic carbocycles. The standard InChI is InChI=1S/C18H18ClN3S/c1-11-5-6-13(12(2)9-11)14-10-23-17-15(14)16(20-18(19)21-17)22-7-3-4-8-22/h5-6,9-10H,3-4,7-8H2,1-2H3. The largest absolute Gasteiger partial charge is 0.356 e. The molecular weight excluding hydrogens is 326 g/mol. The molecule has 1 aliphatic rings. The van der Waals surface area contributed by atoms with Crippen molar-refractivity contribution in [1.82, 2.24) is 9.97 Å². The Morgan fingerprint density at radius 3 is 2.61 bits per heavy atom. The number of hydrogen-bond donors (Lipinski definition) is 0. The highest BCUT2D eigenvalue weighted by Crippen LogP contribution is 2.40. The van der Waals surface area contributed by atoms with E-state index in [4.69, 9.17) is 11.6 Å². The third-order valence-electron chi connectivity index (χ3n) is 4.46. The molecule has 3 heterocycles. The molecule has 3 nitrogen and oxygen atoms in total. The molecule has 5 heteroatoms. The molecule has 0 radical (unpaired) electrons. The number of benzene rings is 1. The molecule has 0 saturated carbocycles. The van der Waals surface area contributed by atoms with E-state index in [1.54, 1.807) is 11.3 Å². The van der Waals surface area contributed by atoms with Gasteiger partial charge in [0.1, 0.15) is 10.6 Å². The van der Waals surface area contributed by atoms with Crippen molar-refractivity contribution in [2.45, 2.75) is 26.7 Å². The van der Waals surface area contributed by atoms with Gasteiger partial charge in [-0.25, -0.2) is 4.98 Å². The lowest BCUT2D eigenvalue weighted by molar-refractivity contribution is 0.940. The van der Waals surface area contributed by atoms with E-state index >= 15 is 0 Å². The van der Waals surface area contributed by atoms with Crippen LogP contribution in [0, 0.1) is 13.8 Å². The Morgan fingerprint density at radius 2 is 1.87 bits per heavy atom. The second-order valence-corrected chi connectivity index (χ2v) is 7.35. The molecule has 0 N–H and O–H groups in total. The first kappa shape index (κ1) is 14.9. The average molecular weight is 344 g/mol. The van der Waals surface area contributed by atoms with Crippen LogP contribution >= 0.6 is 22.9 Å². The minimum absolute atomic E-state index is 0.341. The number of nitrogens with zero attached hydrogens (tertiary/aromatic N) is 3. The first-order valence-electron chi connectivity index (χ1n) is 7.91. The van der Waals surface area contributed by atoms with Crippen molar-refractivity contribution < 1.29 is 0 Å². The summed E-state index contributed by atoms with van der Waals surface area (Å²) in [5, 5.41) is 3.68. The van der Waals surface area contributed by atoms with Gasteiger partial charge in [-0.1, -0.05) is 23.8 Å². The predicted molar refractivity (Wildman–Crippen MR) is 98.8 cm³/mol. The highest BCUT2D eigenvalue weighted by molar-refractivity contribution is 7.17. The van der Waals surface area contributed by atoms with Gasteiger partial charge < -0.3 is 4.90 Å². The van der Waals surface area contributed by atoms with E-state index in [9.17, 15) is 0 Å². The van der Waals surface area contributed by atoms with Gasteiger partial charge in [-0.05, 0) is 49.4 Å². The number of anilines is 1. The molecular formula is C18H18ClN3S. The Morgan fingerprint density at radius 1 is 1.09 bits per heavy atom. The molecule has 0 amide bonds. The van der Waals surface area contributed by atoms with Crippen LogP contribution in [0.2, 0.25) is 5.28 Å². The van der Waals surface area contributed by atoms with Gasteiger partial charge in [-0.2, -0.15) is 4.98 Å². The summed E-state index contributed by atoms with van der Waals surface area (Å²) in [4.78, 5) is 12.3. The maximum atomic E-state index is 6.17. The molecule has 23 heavy (non-hydrogen) atoms. The minimum atomic E-state index is 0.341. The molecule has 0 atom stereocenters. The van der Waals surface area contributed by atoms with Gasteiger partial charge >= 0.3 is 0 Å². The summed E-state index contributed by atoms with van der Waals surface area (Å²) in [7, 11) is 0. The fraction of sp³-hybridized carbons (Fsp3) is 0.333. The molecule has 1 saturated heterocycles. The van der Waals surface area contributed by atoms with Crippen molar-refractivity contribution in [3.63, 3.8) is 0 Å². The summed E-state index contributed by atoms with van der Waals surface area (Å²) < 4.78 is 0. The Hall–Kier alpha value is -1.65. The minimum Gasteiger partial charge on any atom is -0.356 e. The lowest BCUT2D eigenvalue weighted by Gasteiger charge is -2.18. The number of aryl methyl sites for hydroxylation is 2. The Balaban J connectivity index is 1.97. The number of hydrogen-bond acceptors (Lipinski definition) is 4. The quantitative estimate of drug-likeness (QED) is 0.597. The van der Waals surface area contributed by atoms with E-state index in [-0.39, 0.29) is 0 Å². The predicted octanol–water partition coefficient (Wildman–Crippen LogP) is 5.23. The molecule has 118 valence electrons. The third kappa shape index (κ3) is 2.60. The number of fused-ring (bicyclic) bond motifs is 1. The van der Waals surface area contributed by atoms with Crippen LogP contribution < -0.4 is 4.90 Å². The molecule has 0 spiro atoms. The lowest BCUT2D eigenvalue weighted by atomic mass is 9.99. The van der Waals surface area contributed by atoms with E-state index in [0.29, 0.717) is 5.28 Å². The van der Waals surface area contributed by atoms with Crippen molar-refractivity contribution in [2.75, 3.05) is 18.0 Å². The van der Waals surface area contributed by atoms with Gasteiger partial charge in [0.2, 0.25) is 5.28 Å². The Kier molecular flexibility index (Phi) is 3.74. The van der Waals surface area contributed by atoms with Crippen LogP contribution in [0.4, 0.5) is 5.82 Å². The fourth-order valence-electron chi connectivity index (χ4n) is 3.37. The van der Waals surface area contributed by atoms with E-state index in [1.807, 2.05) is 0 Å². The second-order valence-electron chi connectivity index (χ2n) is 6.16. The average Bonchev–Trinajstić information content (AvgIpc) is 3.16. The molecule has 0 bridgehead atoms. The molecule has 1 fully saturated rings. The van der Waals surface area contributed by atoms with Gasteiger partial charge in [0.25, 0.3) is 0 Å². The monoisotopic (exact) mass is 343 g/mol. The maximum absolute atomic E-state index is 6.17. The van der Waals surface area contributed by atoms with Gasteiger partial charge in [0.05, 0.1) is 5.39 Å². The molecule has 3 aromatic rings. The Bertz CT molecular complexity index is 881. The molecule has 2 aromatic heterocycles. The van der Waals surface area contributed by atoms with Crippen molar-refractivity contribution in [3.8, 4) is 11.1 Å². The zero-order chi connectivity index (χ0) is 16.0. The normalized spacial score (nSPS) is 14.8. The van der Waals surface area contributed by atoms with Crippen LogP contribution in [-0.2, 0) is 0 Å². The summed E-state index contributed by atoms with van der Waals surface area (Å²) in [6, 6.07) is 6.60. The van der Waals surface area contributed by atoms with Crippen molar-refractivity contribution in [3.05, 3.63) is 40.0 Å². The van der Waals surface area contributed by atoms with E-state index < -0.39 is 0 Å². The second kappa shape index (κ2) is 5.77. The molecule has 4 rings (SSSR count). The smallest absolute Gasteiger partial charge is 0.225 e. The lowest BCUT2D eigenvalue weighted by Crippen LogP contribution is -2.19. The van der Waals surface area contributed by atoms with Gasteiger partial charge in [-0.3, -0.25) is 0 Å². The number of aromatic nitrogens is 2. The third-order valence-corrected chi connectivity index (χ3v) is 5.51. The zero-order valence-corrected chi connectivity index (χ0v) is 14.8. The topological polar surface area (TPSA) is 29.0 Å².